The summed E-state index contributed by atoms with van der Waals surface area (Å²) in [6.07, 6.45) is -1.46. The predicted octanol–water partition coefficient (Wildman–Crippen LogP) is 4.66. The van der Waals surface area contributed by atoms with Gasteiger partial charge >= 0.3 is 5.97 Å². The Hall–Kier alpha value is -4.60. The Morgan fingerprint density at radius 1 is 0.879 bits per heavy atom. The molecule has 0 aliphatic heterocycles. The van der Waals surface area contributed by atoms with Crippen LogP contribution >= 0.6 is 0 Å². The van der Waals surface area contributed by atoms with E-state index in [1.54, 1.807) is 43.3 Å². The van der Waals surface area contributed by atoms with Gasteiger partial charge in [0, 0.05) is 23.3 Å². The first kappa shape index (κ1) is 23.1. The number of benzene rings is 3. The van der Waals surface area contributed by atoms with E-state index < -0.39 is 27.8 Å². The van der Waals surface area contributed by atoms with E-state index in [2.05, 4.69) is 5.32 Å². The summed E-state index contributed by atoms with van der Waals surface area (Å²) in [6, 6.07) is 16.3. The molecule has 1 N–H and O–H groups in total. The molecule has 1 atom stereocenters. The molecule has 0 fully saturated rings. The third-order valence-corrected chi connectivity index (χ3v) is 4.89. The lowest BCUT2D eigenvalue weighted by Gasteiger charge is -2.19. The van der Waals surface area contributed by atoms with Crippen LogP contribution in [0.3, 0.4) is 0 Å². The van der Waals surface area contributed by atoms with Gasteiger partial charge in [0.05, 0.1) is 15.4 Å². The number of hydrogen-bond acceptors (Lipinski definition) is 7. The maximum Gasteiger partial charge on any atom is 0.339 e. The average molecular weight is 449 g/mol. The number of amides is 1. The molecule has 0 radical (unpaired) electrons. The van der Waals surface area contributed by atoms with Crippen LogP contribution in [0, 0.1) is 34.1 Å². The Morgan fingerprint density at radius 3 is 2.18 bits per heavy atom. The molecule has 0 bridgehead atoms. The fourth-order valence-corrected chi connectivity index (χ4v) is 3.21. The summed E-state index contributed by atoms with van der Waals surface area (Å²) >= 11 is 0. The molecule has 3 aromatic rings. The highest BCUT2D eigenvalue weighted by atomic mass is 16.6. The maximum absolute atomic E-state index is 13.1. The van der Waals surface area contributed by atoms with Crippen molar-refractivity contribution in [3.8, 4) is 0 Å². The summed E-state index contributed by atoms with van der Waals surface area (Å²) < 4.78 is 5.45. The van der Waals surface area contributed by atoms with E-state index in [9.17, 15) is 29.8 Å². The van der Waals surface area contributed by atoms with Crippen molar-refractivity contribution in [3.63, 3.8) is 0 Å². The van der Waals surface area contributed by atoms with Crippen LogP contribution in [0.2, 0.25) is 0 Å². The van der Waals surface area contributed by atoms with Crippen LogP contribution in [-0.2, 0) is 9.53 Å². The fourth-order valence-electron chi connectivity index (χ4n) is 3.21. The largest absolute Gasteiger partial charge is 0.444 e. The van der Waals surface area contributed by atoms with Crippen molar-refractivity contribution in [3.05, 3.63) is 109 Å². The van der Waals surface area contributed by atoms with Crippen LogP contribution in [0.15, 0.2) is 66.7 Å². The van der Waals surface area contributed by atoms with Crippen LogP contribution in [-0.4, -0.2) is 21.7 Å². The van der Waals surface area contributed by atoms with Crippen LogP contribution in [0.5, 0.6) is 0 Å². The number of ether oxygens (including phenoxy) is 1. The van der Waals surface area contributed by atoms with Gasteiger partial charge in [0.15, 0.2) is 0 Å². The molecule has 33 heavy (non-hydrogen) atoms. The first-order valence-corrected chi connectivity index (χ1v) is 9.75. The molecule has 0 saturated carbocycles. The third-order valence-electron chi connectivity index (χ3n) is 4.89. The molecule has 0 saturated heterocycles. The van der Waals surface area contributed by atoms with Gasteiger partial charge in [-0.3, -0.25) is 25.0 Å². The monoisotopic (exact) mass is 449 g/mol. The van der Waals surface area contributed by atoms with Gasteiger partial charge in [-0.2, -0.15) is 0 Å². The Balaban J connectivity index is 1.95. The number of hydrogen-bond donors (Lipinski definition) is 1. The van der Waals surface area contributed by atoms with E-state index >= 15 is 0 Å². The number of rotatable bonds is 7. The van der Waals surface area contributed by atoms with Crippen molar-refractivity contribution in [1.82, 2.24) is 0 Å². The number of anilines is 1. The first-order chi connectivity index (χ1) is 15.7. The molecule has 3 rings (SSSR count). The van der Waals surface area contributed by atoms with Gasteiger partial charge in [0.1, 0.15) is 5.69 Å². The van der Waals surface area contributed by atoms with Crippen molar-refractivity contribution in [2.45, 2.75) is 20.0 Å². The van der Waals surface area contributed by atoms with Crippen LogP contribution < -0.4 is 5.32 Å². The molecular formula is C23H19N3O7. The second-order valence-electron chi connectivity index (χ2n) is 7.17. The number of carbonyl (C=O) groups is 2. The van der Waals surface area contributed by atoms with Gasteiger partial charge in [-0.05, 0) is 31.5 Å². The number of nitrogens with one attached hydrogen (secondary N) is 1. The number of esters is 1. The van der Waals surface area contributed by atoms with Crippen LogP contribution in [0.1, 0.15) is 33.2 Å². The van der Waals surface area contributed by atoms with Gasteiger partial charge in [0.25, 0.3) is 17.3 Å². The van der Waals surface area contributed by atoms with Gasteiger partial charge in [-0.25, -0.2) is 4.79 Å². The number of nitro groups is 2. The molecule has 10 nitrogen and oxygen atoms in total. The van der Waals surface area contributed by atoms with E-state index in [4.69, 9.17) is 4.74 Å². The Kier molecular flexibility index (Phi) is 6.77. The minimum Gasteiger partial charge on any atom is -0.444 e. The second kappa shape index (κ2) is 9.69. The number of nitrogens with zero attached hydrogens (tertiary/aromatic N) is 2. The zero-order chi connectivity index (χ0) is 24.1. The molecule has 0 heterocycles. The highest BCUT2D eigenvalue weighted by Crippen LogP contribution is 2.29. The molecule has 1 amide bonds. The summed E-state index contributed by atoms with van der Waals surface area (Å²) in [6.45, 7) is 3.08. The van der Waals surface area contributed by atoms with Crippen molar-refractivity contribution in [2.24, 2.45) is 0 Å². The minimum absolute atomic E-state index is 0.0564. The van der Waals surface area contributed by atoms with E-state index in [1.807, 2.05) is 0 Å². The van der Waals surface area contributed by atoms with Crippen LogP contribution in [0.25, 0.3) is 0 Å². The second-order valence-corrected chi connectivity index (χ2v) is 7.17. The fraction of sp³-hybridized carbons (Fsp3) is 0.130. The maximum atomic E-state index is 13.1. The molecule has 1 unspecified atom stereocenters. The average Bonchev–Trinajstić information content (AvgIpc) is 2.78. The highest BCUT2D eigenvalue weighted by Gasteiger charge is 2.29. The predicted molar refractivity (Wildman–Crippen MR) is 119 cm³/mol. The van der Waals surface area contributed by atoms with E-state index in [1.165, 1.54) is 37.3 Å². The lowest BCUT2D eigenvalue weighted by Crippen LogP contribution is -2.26. The normalized spacial score (nSPS) is 11.3. The smallest absolute Gasteiger partial charge is 0.339 e. The lowest BCUT2D eigenvalue weighted by molar-refractivity contribution is -0.385. The van der Waals surface area contributed by atoms with Crippen LogP contribution in [0.4, 0.5) is 17.1 Å². The Labute approximate surface area is 188 Å². The molecule has 10 heteroatoms. The number of aryl methyl sites for hydroxylation is 1. The van der Waals surface area contributed by atoms with E-state index in [-0.39, 0.29) is 28.2 Å². The molecule has 0 aromatic heterocycles. The quantitative estimate of drug-likeness (QED) is 0.314. The first-order valence-electron chi connectivity index (χ1n) is 9.75. The van der Waals surface area contributed by atoms with Crippen molar-refractivity contribution in [1.29, 1.82) is 0 Å². The molecular weight excluding hydrogens is 430 g/mol. The molecule has 0 aliphatic carbocycles. The number of carbonyl (C=O) groups excluding carboxylic acids is 2. The molecule has 0 spiro atoms. The number of nitro benzene ring substituents is 2. The minimum atomic E-state index is -1.46. The Bertz CT molecular complexity index is 1240. The molecule has 168 valence electrons. The van der Waals surface area contributed by atoms with E-state index in [0.29, 0.717) is 11.1 Å². The molecule has 3 aromatic carbocycles. The summed E-state index contributed by atoms with van der Waals surface area (Å²) in [5, 5.41) is 25.0. The highest BCUT2D eigenvalue weighted by molar-refractivity contribution is 6.00. The third kappa shape index (κ3) is 5.18. The van der Waals surface area contributed by atoms with Gasteiger partial charge in [-0.15, -0.1) is 0 Å². The summed E-state index contributed by atoms with van der Waals surface area (Å²) in [4.78, 5) is 47.3. The Morgan fingerprint density at radius 2 is 1.55 bits per heavy atom. The molecule has 0 aliphatic rings. The standard InChI is InChI=1S/C23H19N3O7/c1-14-11-12-18(20(13-14)26(31)32)24-22(27)21(16-7-4-3-5-8-16)33-23(28)17-9-6-10-19(15(17)2)25(29)30/h3-13,21H,1-2H3,(H,24,27). The van der Waals surface area contributed by atoms with E-state index in [0.717, 1.165) is 0 Å². The summed E-state index contributed by atoms with van der Waals surface area (Å²) in [5.41, 5.74) is 0.344. The SMILES string of the molecule is Cc1ccc(NC(=O)C(OC(=O)c2cccc([N+](=O)[O-])c2C)c2ccccc2)c([N+](=O)[O-])c1. The topological polar surface area (TPSA) is 142 Å². The van der Waals surface area contributed by atoms with Crippen molar-refractivity contribution in [2.75, 3.05) is 5.32 Å². The lowest BCUT2D eigenvalue weighted by atomic mass is 10.1. The van der Waals surface area contributed by atoms with Crippen molar-refractivity contribution >= 4 is 28.9 Å². The zero-order valence-electron chi connectivity index (χ0n) is 17.7. The van der Waals surface area contributed by atoms with Gasteiger partial charge in [0.2, 0.25) is 6.10 Å². The summed E-state index contributed by atoms with van der Waals surface area (Å²) in [5.74, 6) is -1.76. The van der Waals surface area contributed by atoms with Gasteiger partial charge < -0.3 is 10.1 Å². The zero-order valence-corrected chi connectivity index (χ0v) is 17.7. The van der Waals surface area contributed by atoms with Gasteiger partial charge in [-0.1, -0.05) is 42.5 Å². The van der Waals surface area contributed by atoms with Crippen molar-refractivity contribution < 1.29 is 24.2 Å². The summed E-state index contributed by atoms with van der Waals surface area (Å²) in [7, 11) is 0.